The third-order valence-electron chi connectivity index (χ3n) is 2.50. The summed E-state index contributed by atoms with van der Waals surface area (Å²) in [7, 11) is 1.59. The second-order valence-electron chi connectivity index (χ2n) is 3.93. The number of carboxylic acid groups (broad SMARTS) is 1. The molecule has 1 heterocycles. The molecule has 0 atom stereocenters. The van der Waals surface area contributed by atoms with Crippen molar-refractivity contribution in [1.29, 1.82) is 0 Å². The first-order valence-electron chi connectivity index (χ1n) is 5.90. The van der Waals surface area contributed by atoms with E-state index in [1.54, 1.807) is 12.5 Å². The Hall–Kier alpha value is -2.67. The van der Waals surface area contributed by atoms with Crippen molar-refractivity contribution >= 4 is 28.3 Å². The molecule has 7 heteroatoms. The molecule has 0 aliphatic rings. The Kier molecular flexibility index (Phi) is 4.68. The van der Waals surface area contributed by atoms with Gasteiger partial charge in [-0.2, -0.15) is 0 Å². The summed E-state index contributed by atoms with van der Waals surface area (Å²) < 4.78 is 5.08. The molecular weight excluding hydrogens is 292 g/mol. The van der Waals surface area contributed by atoms with Crippen molar-refractivity contribution in [2.45, 2.75) is 0 Å². The Labute approximate surface area is 124 Å². The Balaban J connectivity index is 2.07. The Morgan fingerprint density at radius 2 is 2.00 bits per heavy atom. The monoisotopic (exact) mass is 304 g/mol. The van der Waals surface area contributed by atoms with Gasteiger partial charge in [0.2, 0.25) is 5.91 Å². The van der Waals surface area contributed by atoms with Gasteiger partial charge >= 0.3 is 5.97 Å². The van der Waals surface area contributed by atoms with Gasteiger partial charge in [0, 0.05) is 23.1 Å². The number of carboxylic acids is 1. The van der Waals surface area contributed by atoms with Gasteiger partial charge in [0.05, 0.1) is 12.8 Å². The number of anilines is 1. The Morgan fingerprint density at radius 1 is 1.29 bits per heavy atom. The number of aliphatic carboxylic acids is 1. The highest BCUT2D eigenvalue weighted by Gasteiger charge is 2.07. The maximum Gasteiger partial charge on any atom is 0.328 e. The summed E-state index contributed by atoms with van der Waals surface area (Å²) in [6.45, 7) is 0. The number of ether oxygens (including phenoxy) is 1. The van der Waals surface area contributed by atoms with Crippen LogP contribution >= 0.6 is 11.3 Å². The molecule has 0 fully saturated rings. The zero-order valence-electron chi connectivity index (χ0n) is 11.1. The normalized spacial score (nSPS) is 10.5. The molecule has 0 radical (unpaired) electrons. The molecule has 1 amide bonds. The van der Waals surface area contributed by atoms with Crippen LogP contribution in [0.2, 0.25) is 0 Å². The lowest BCUT2D eigenvalue weighted by Crippen LogP contribution is -2.08. The maximum absolute atomic E-state index is 11.4. The predicted molar refractivity (Wildman–Crippen MR) is 79.5 cm³/mol. The van der Waals surface area contributed by atoms with Gasteiger partial charge in [0.1, 0.15) is 5.75 Å². The van der Waals surface area contributed by atoms with Crippen molar-refractivity contribution in [3.8, 4) is 17.0 Å². The highest BCUT2D eigenvalue weighted by atomic mass is 32.1. The topological polar surface area (TPSA) is 88.5 Å². The molecule has 1 aromatic carbocycles. The molecule has 2 aromatic rings. The van der Waals surface area contributed by atoms with E-state index in [9.17, 15) is 9.59 Å². The number of benzene rings is 1. The molecule has 0 aliphatic carbocycles. The van der Waals surface area contributed by atoms with Gasteiger partial charge in [-0.05, 0) is 24.3 Å². The van der Waals surface area contributed by atoms with Crippen LogP contribution in [-0.4, -0.2) is 29.1 Å². The molecule has 0 saturated carbocycles. The second kappa shape index (κ2) is 6.67. The quantitative estimate of drug-likeness (QED) is 0.828. The highest BCUT2D eigenvalue weighted by Crippen LogP contribution is 2.26. The first kappa shape index (κ1) is 14.7. The lowest BCUT2D eigenvalue weighted by Gasteiger charge is -2.00. The summed E-state index contributed by atoms with van der Waals surface area (Å²) in [4.78, 5) is 26.0. The molecule has 2 N–H and O–H groups in total. The third kappa shape index (κ3) is 4.15. The number of methoxy groups -OCH3 is 1. The molecular formula is C14H12N2O4S. The molecule has 0 spiro atoms. The second-order valence-corrected chi connectivity index (χ2v) is 4.79. The first-order chi connectivity index (χ1) is 10.1. The molecule has 0 unspecified atom stereocenters. The van der Waals surface area contributed by atoms with Crippen molar-refractivity contribution in [2.24, 2.45) is 0 Å². The summed E-state index contributed by atoms with van der Waals surface area (Å²) in [6.07, 6.45) is 1.71. The Morgan fingerprint density at radius 3 is 2.62 bits per heavy atom. The fourth-order valence-corrected chi connectivity index (χ4v) is 2.24. The van der Waals surface area contributed by atoms with E-state index in [1.807, 2.05) is 24.3 Å². The van der Waals surface area contributed by atoms with Gasteiger partial charge in [-0.15, -0.1) is 11.3 Å². The Bertz CT molecular complexity index is 677. The minimum Gasteiger partial charge on any atom is -0.497 e. The minimum absolute atomic E-state index is 0.404. The summed E-state index contributed by atoms with van der Waals surface area (Å²) in [5, 5.41) is 13.1. The number of carbonyl (C=O) groups excluding carboxylic acids is 1. The van der Waals surface area contributed by atoms with Crippen molar-refractivity contribution < 1.29 is 19.4 Å². The number of aromatic nitrogens is 1. The molecule has 2 rings (SSSR count). The smallest absolute Gasteiger partial charge is 0.328 e. The summed E-state index contributed by atoms with van der Waals surface area (Å²) >= 11 is 1.26. The van der Waals surface area contributed by atoms with Crippen LogP contribution in [0.4, 0.5) is 5.13 Å². The number of hydrogen-bond donors (Lipinski definition) is 2. The molecule has 21 heavy (non-hydrogen) atoms. The number of amides is 1. The van der Waals surface area contributed by atoms with Gasteiger partial charge in [0.25, 0.3) is 0 Å². The number of rotatable bonds is 5. The molecule has 1 aromatic heterocycles. The van der Waals surface area contributed by atoms with E-state index >= 15 is 0 Å². The van der Waals surface area contributed by atoms with Crippen LogP contribution in [0, 0.1) is 0 Å². The number of nitrogens with one attached hydrogen (secondary N) is 1. The lowest BCUT2D eigenvalue weighted by molar-refractivity contribution is -0.131. The molecule has 0 aliphatic heterocycles. The van der Waals surface area contributed by atoms with E-state index in [1.165, 1.54) is 11.3 Å². The minimum atomic E-state index is -1.18. The van der Waals surface area contributed by atoms with Crippen molar-refractivity contribution in [3.05, 3.63) is 41.8 Å². The zero-order chi connectivity index (χ0) is 15.2. The van der Waals surface area contributed by atoms with Crippen LogP contribution in [-0.2, 0) is 9.59 Å². The van der Waals surface area contributed by atoms with E-state index in [0.29, 0.717) is 5.13 Å². The third-order valence-corrected chi connectivity index (χ3v) is 3.26. The first-order valence-corrected chi connectivity index (χ1v) is 6.78. The standard InChI is InChI=1S/C14H12N2O4S/c1-20-10-4-2-9(3-5-10)11-8-21-14(15-11)16-12(17)6-7-13(18)19/h2-8H,1H3,(H,18,19)(H,15,16,17). The predicted octanol–water partition coefficient (Wildman–Crippen LogP) is 2.40. The SMILES string of the molecule is COc1ccc(-c2csc(NC(=O)C=CC(=O)O)n2)cc1. The van der Waals surface area contributed by atoms with Crippen molar-refractivity contribution in [1.82, 2.24) is 4.98 Å². The van der Waals surface area contributed by atoms with E-state index < -0.39 is 11.9 Å². The van der Waals surface area contributed by atoms with Crippen LogP contribution in [0.15, 0.2) is 41.8 Å². The van der Waals surface area contributed by atoms with Crippen LogP contribution in [0.3, 0.4) is 0 Å². The average Bonchev–Trinajstić information content (AvgIpc) is 2.93. The van der Waals surface area contributed by atoms with Crippen molar-refractivity contribution in [3.63, 3.8) is 0 Å². The fraction of sp³-hybridized carbons (Fsp3) is 0.0714. The fourth-order valence-electron chi connectivity index (χ4n) is 1.52. The van der Waals surface area contributed by atoms with Crippen LogP contribution in [0.25, 0.3) is 11.3 Å². The van der Waals surface area contributed by atoms with Crippen LogP contribution in [0.1, 0.15) is 0 Å². The van der Waals surface area contributed by atoms with Gasteiger partial charge in [-0.25, -0.2) is 9.78 Å². The average molecular weight is 304 g/mol. The molecule has 6 nitrogen and oxygen atoms in total. The highest BCUT2D eigenvalue weighted by molar-refractivity contribution is 7.14. The largest absolute Gasteiger partial charge is 0.497 e. The van der Waals surface area contributed by atoms with Crippen LogP contribution < -0.4 is 10.1 Å². The number of nitrogens with zero attached hydrogens (tertiary/aromatic N) is 1. The van der Waals surface area contributed by atoms with E-state index in [0.717, 1.165) is 29.2 Å². The number of thiazole rings is 1. The molecule has 0 bridgehead atoms. The van der Waals surface area contributed by atoms with Crippen molar-refractivity contribution in [2.75, 3.05) is 12.4 Å². The van der Waals surface area contributed by atoms with Gasteiger partial charge in [-0.1, -0.05) is 0 Å². The van der Waals surface area contributed by atoms with E-state index in [-0.39, 0.29) is 0 Å². The molecule has 0 saturated heterocycles. The zero-order valence-corrected chi connectivity index (χ0v) is 11.9. The lowest BCUT2D eigenvalue weighted by atomic mass is 10.2. The molecule has 108 valence electrons. The summed E-state index contributed by atoms with van der Waals surface area (Å²) in [6, 6.07) is 7.37. The number of carbonyl (C=O) groups is 2. The maximum atomic E-state index is 11.4. The van der Waals surface area contributed by atoms with Gasteiger partial charge in [-0.3, -0.25) is 10.1 Å². The van der Waals surface area contributed by atoms with Gasteiger partial charge in [0.15, 0.2) is 5.13 Å². The number of hydrogen-bond acceptors (Lipinski definition) is 5. The van der Waals surface area contributed by atoms with Gasteiger partial charge < -0.3 is 9.84 Å². The van der Waals surface area contributed by atoms with E-state index in [2.05, 4.69) is 10.3 Å². The van der Waals surface area contributed by atoms with Crippen LogP contribution in [0.5, 0.6) is 5.75 Å². The summed E-state index contributed by atoms with van der Waals surface area (Å²) in [5.41, 5.74) is 1.62. The summed E-state index contributed by atoms with van der Waals surface area (Å²) in [5.74, 6) is -0.961. The van der Waals surface area contributed by atoms with E-state index in [4.69, 9.17) is 9.84 Å².